The molecule has 0 bridgehead atoms. The molecule has 0 spiro atoms. The number of carbonyl (C=O) groups excluding carboxylic acids is 3. The molecule has 0 aliphatic rings. The van der Waals surface area contributed by atoms with Crippen molar-refractivity contribution in [1.82, 2.24) is 29.3 Å². The highest BCUT2D eigenvalue weighted by molar-refractivity contribution is 7.16. The lowest BCUT2D eigenvalue weighted by Crippen LogP contribution is -2.28. The van der Waals surface area contributed by atoms with E-state index in [0.717, 1.165) is 35.2 Å². The topological polar surface area (TPSA) is 162 Å². The van der Waals surface area contributed by atoms with Crippen molar-refractivity contribution in [2.45, 2.75) is 33.1 Å². The van der Waals surface area contributed by atoms with Gasteiger partial charge in [0.25, 0.3) is 17.7 Å². The van der Waals surface area contributed by atoms with Crippen LogP contribution in [0.3, 0.4) is 0 Å². The van der Waals surface area contributed by atoms with Crippen LogP contribution in [0.25, 0.3) is 10.9 Å². The van der Waals surface area contributed by atoms with E-state index in [4.69, 9.17) is 5.41 Å². The number of anilines is 3. The van der Waals surface area contributed by atoms with Crippen molar-refractivity contribution in [2.24, 2.45) is 20.0 Å². The highest BCUT2D eigenvalue weighted by atomic mass is 32.1. The number of para-hydroxylation sites is 1. The van der Waals surface area contributed by atoms with E-state index in [1.165, 1.54) is 11.3 Å². The number of amides is 3. The highest BCUT2D eigenvalue weighted by Crippen LogP contribution is 2.27. The summed E-state index contributed by atoms with van der Waals surface area (Å²) in [6, 6.07) is 12.8. The fraction of sp³-hybridized carbons (Fsp3) is 0.333. The zero-order valence-electron chi connectivity index (χ0n) is 29.3. The maximum absolute atomic E-state index is 13.4. The largest absolute Gasteiger partial charge is 0.351 e. The van der Waals surface area contributed by atoms with Crippen LogP contribution in [0.4, 0.5) is 16.5 Å². The summed E-state index contributed by atoms with van der Waals surface area (Å²) in [6.07, 6.45) is 7.41. The van der Waals surface area contributed by atoms with Crippen LogP contribution in [-0.2, 0) is 20.5 Å². The molecule has 4 heterocycles. The number of carbonyl (C=O) groups is 3. The van der Waals surface area contributed by atoms with E-state index in [1.54, 1.807) is 54.0 Å². The Balaban J connectivity index is 1.23. The number of hydrogen-bond donors (Lipinski definition) is 5. The maximum Gasteiger partial charge on any atom is 0.274 e. The Morgan fingerprint density at radius 3 is 2.26 bits per heavy atom. The number of nitrogens with one attached hydrogen (secondary N) is 5. The molecule has 13 nitrogen and oxygen atoms in total. The molecule has 3 amide bonds. The molecule has 5 aromatic rings. The number of fused-ring (bicyclic) bond motifs is 1. The van der Waals surface area contributed by atoms with Gasteiger partial charge < -0.3 is 30.0 Å². The lowest BCUT2D eigenvalue weighted by atomic mass is 10.1. The summed E-state index contributed by atoms with van der Waals surface area (Å²) < 4.78 is 3.28. The summed E-state index contributed by atoms with van der Waals surface area (Å²) in [5.41, 5.74) is 3.48. The molecule has 4 aromatic heterocycles. The standard InChI is InChI=1S/C36H44N10O3S/c1-22(2)12-13-30-31(35(49)38-14-9-15-44(3)4)42-36(50-30)43-34(48)29-18-26(21-46(29)6)41-33(47)28-17-25(20-45(28)5)40-32(37)24-16-23-10-7-8-11-27(23)39-19-24/h7-8,10-11,16-22H,9,12-15H2,1-6H3,(H2,37,40)(H,38,49)(H,41,47)(H,42,43,48). The summed E-state index contributed by atoms with van der Waals surface area (Å²) >= 11 is 1.31. The molecular formula is C36H44N10O3S. The van der Waals surface area contributed by atoms with Crippen LogP contribution < -0.4 is 21.3 Å². The Labute approximate surface area is 295 Å². The van der Waals surface area contributed by atoms with Gasteiger partial charge in [0, 0.05) is 55.1 Å². The van der Waals surface area contributed by atoms with Crippen LogP contribution in [0.5, 0.6) is 0 Å². The zero-order valence-corrected chi connectivity index (χ0v) is 30.1. The van der Waals surface area contributed by atoms with Crippen molar-refractivity contribution in [2.75, 3.05) is 43.1 Å². The molecule has 5 rings (SSSR count). The molecule has 0 atom stereocenters. The smallest absolute Gasteiger partial charge is 0.274 e. The Morgan fingerprint density at radius 1 is 0.920 bits per heavy atom. The van der Waals surface area contributed by atoms with Gasteiger partial charge in [0.15, 0.2) is 5.13 Å². The molecule has 0 saturated carbocycles. The minimum atomic E-state index is -0.415. The van der Waals surface area contributed by atoms with Crippen molar-refractivity contribution >= 4 is 62.3 Å². The van der Waals surface area contributed by atoms with Crippen molar-refractivity contribution in [3.63, 3.8) is 0 Å². The summed E-state index contributed by atoms with van der Waals surface area (Å²) in [5.74, 6) is -0.442. The average Bonchev–Trinajstić information content (AvgIpc) is 3.77. The fourth-order valence-electron chi connectivity index (χ4n) is 5.35. The average molecular weight is 697 g/mol. The molecule has 50 heavy (non-hydrogen) atoms. The van der Waals surface area contributed by atoms with Gasteiger partial charge >= 0.3 is 0 Å². The Hall–Kier alpha value is -5.34. The van der Waals surface area contributed by atoms with Gasteiger partial charge in [0.1, 0.15) is 22.9 Å². The molecule has 0 aliphatic heterocycles. The molecular weight excluding hydrogens is 653 g/mol. The fourth-order valence-corrected chi connectivity index (χ4v) is 6.32. The van der Waals surface area contributed by atoms with Crippen molar-refractivity contribution < 1.29 is 14.4 Å². The van der Waals surface area contributed by atoms with Gasteiger partial charge in [-0.3, -0.25) is 30.1 Å². The normalized spacial score (nSPS) is 11.3. The predicted molar refractivity (Wildman–Crippen MR) is 200 cm³/mol. The summed E-state index contributed by atoms with van der Waals surface area (Å²) in [4.78, 5) is 51.5. The maximum atomic E-state index is 13.4. The number of amidine groups is 1. The second kappa shape index (κ2) is 15.9. The number of hydrogen-bond acceptors (Lipinski definition) is 8. The van der Waals surface area contributed by atoms with E-state index in [1.807, 2.05) is 44.4 Å². The van der Waals surface area contributed by atoms with Crippen LogP contribution in [0.2, 0.25) is 0 Å². The van der Waals surface area contributed by atoms with Crippen LogP contribution >= 0.6 is 11.3 Å². The monoisotopic (exact) mass is 696 g/mol. The first-order valence-corrected chi connectivity index (χ1v) is 17.3. The van der Waals surface area contributed by atoms with Crippen LogP contribution in [-0.4, -0.2) is 74.7 Å². The van der Waals surface area contributed by atoms with E-state index < -0.39 is 5.91 Å². The van der Waals surface area contributed by atoms with E-state index in [0.29, 0.717) is 58.0 Å². The van der Waals surface area contributed by atoms with Gasteiger partial charge in [-0.2, -0.15) is 0 Å². The van der Waals surface area contributed by atoms with Gasteiger partial charge in [0.2, 0.25) is 0 Å². The molecule has 0 saturated heterocycles. The number of benzene rings is 1. The van der Waals surface area contributed by atoms with Gasteiger partial charge in [-0.15, -0.1) is 11.3 Å². The third-order valence-electron chi connectivity index (χ3n) is 8.03. The Kier molecular flexibility index (Phi) is 11.4. The molecule has 5 N–H and O–H groups in total. The second-order valence-electron chi connectivity index (χ2n) is 12.9. The quantitative estimate of drug-likeness (QED) is 0.0575. The molecule has 0 aliphatic carbocycles. The first-order chi connectivity index (χ1) is 23.9. The number of pyridine rings is 1. The number of aromatic nitrogens is 4. The van der Waals surface area contributed by atoms with Crippen LogP contribution in [0.1, 0.15) is 68.6 Å². The number of nitrogens with zero attached hydrogens (tertiary/aromatic N) is 5. The SMILES string of the molecule is CC(C)CCc1sc(NC(=O)c2cc(NC(=O)c3cc(NC(=N)c4cnc5ccccc5c4)cn3C)cn2C)nc1C(=O)NCCCN(C)C. The predicted octanol–water partition coefficient (Wildman–Crippen LogP) is 5.58. The van der Waals surface area contributed by atoms with Gasteiger partial charge in [-0.1, -0.05) is 32.0 Å². The number of aryl methyl sites for hydroxylation is 3. The van der Waals surface area contributed by atoms with E-state index in [-0.39, 0.29) is 17.6 Å². The Bertz CT molecular complexity index is 2020. The van der Waals surface area contributed by atoms with Crippen LogP contribution in [0.15, 0.2) is 61.1 Å². The summed E-state index contributed by atoms with van der Waals surface area (Å²) in [5, 5.41) is 21.5. The van der Waals surface area contributed by atoms with Gasteiger partial charge in [0.05, 0.1) is 16.9 Å². The molecule has 0 fully saturated rings. The third kappa shape index (κ3) is 9.01. The molecule has 0 unspecified atom stereocenters. The second-order valence-corrected chi connectivity index (χ2v) is 14.0. The lowest BCUT2D eigenvalue weighted by molar-refractivity contribution is 0.0944. The third-order valence-corrected chi connectivity index (χ3v) is 9.06. The first-order valence-electron chi connectivity index (χ1n) is 16.5. The van der Waals surface area contributed by atoms with Crippen molar-refractivity contribution in [3.05, 3.63) is 88.6 Å². The van der Waals surface area contributed by atoms with E-state index in [2.05, 4.69) is 50.0 Å². The van der Waals surface area contributed by atoms with Crippen molar-refractivity contribution in [1.29, 1.82) is 5.41 Å². The highest BCUT2D eigenvalue weighted by Gasteiger charge is 2.22. The molecule has 262 valence electrons. The number of rotatable bonds is 14. The molecule has 0 radical (unpaired) electrons. The van der Waals surface area contributed by atoms with Crippen LogP contribution in [0, 0.1) is 11.3 Å². The van der Waals surface area contributed by atoms with E-state index in [9.17, 15) is 14.4 Å². The first kappa shape index (κ1) is 36.0. The zero-order chi connectivity index (χ0) is 35.9. The summed E-state index contributed by atoms with van der Waals surface area (Å²) in [6.45, 7) is 5.64. The van der Waals surface area contributed by atoms with Crippen molar-refractivity contribution in [3.8, 4) is 0 Å². The molecule has 1 aromatic carbocycles. The minimum Gasteiger partial charge on any atom is -0.351 e. The summed E-state index contributed by atoms with van der Waals surface area (Å²) in [7, 11) is 7.43. The van der Waals surface area contributed by atoms with Gasteiger partial charge in [-0.05, 0) is 70.1 Å². The minimum absolute atomic E-state index is 0.152. The van der Waals surface area contributed by atoms with Gasteiger partial charge in [-0.25, -0.2) is 4.98 Å². The molecule has 14 heteroatoms. The van der Waals surface area contributed by atoms with E-state index >= 15 is 0 Å². The number of thiazole rings is 1. The lowest BCUT2D eigenvalue weighted by Gasteiger charge is -2.10. The Morgan fingerprint density at radius 2 is 1.58 bits per heavy atom.